The summed E-state index contributed by atoms with van der Waals surface area (Å²) in [6, 6.07) is 6.86. The smallest absolute Gasteiger partial charge is 0.253 e. The maximum Gasteiger partial charge on any atom is 0.253 e. The van der Waals surface area contributed by atoms with Crippen molar-refractivity contribution in [3.63, 3.8) is 0 Å². The number of aromatic nitrogens is 2. The van der Waals surface area contributed by atoms with Gasteiger partial charge in [0.15, 0.2) is 0 Å². The van der Waals surface area contributed by atoms with Crippen molar-refractivity contribution in [2.75, 3.05) is 26.7 Å². The first-order valence-corrected chi connectivity index (χ1v) is 12.7. The fourth-order valence-electron chi connectivity index (χ4n) is 6.06. The Bertz CT molecular complexity index is 1290. The molecule has 5 rings (SSSR count). The Labute approximate surface area is 201 Å². The number of benzene rings is 1. The maximum atomic E-state index is 12.7. The number of hydrogen-bond acceptors (Lipinski definition) is 3. The lowest BCUT2D eigenvalue weighted by molar-refractivity contribution is -0.131. The molecule has 1 aliphatic heterocycles. The Morgan fingerprint density at radius 3 is 2.62 bits per heavy atom. The minimum atomic E-state index is 0.153. The highest BCUT2D eigenvalue weighted by atomic mass is 16.2. The number of carbonyl (C=O) groups is 1. The second-order valence-electron chi connectivity index (χ2n) is 10.3. The molecule has 0 atom stereocenters. The first-order chi connectivity index (χ1) is 16.4. The highest BCUT2D eigenvalue weighted by Crippen LogP contribution is 2.40. The molecule has 0 saturated carbocycles. The van der Waals surface area contributed by atoms with E-state index in [1.54, 1.807) is 4.57 Å². The number of piperidine rings is 1. The zero-order chi connectivity index (χ0) is 24.0. The normalized spacial score (nSPS) is 16.6. The predicted octanol–water partition coefficient (Wildman–Crippen LogP) is 4.07. The molecule has 1 amide bonds. The summed E-state index contributed by atoms with van der Waals surface area (Å²) >= 11 is 0. The van der Waals surface area contributed by atoms with Crippen LogP contribution in [0.3, 0.4) is 0 Å². The van der Waals surface area contributed by atoms with Crippen LogP contribution in [0.25, 0.3) is 22.2 Å². The zero-order valence-electron chi connectivity index (χ0n) is 20.8. The number of carbonyl (C=O) groups excluding carboxylic acids is 1. The predicted molar refractivity (Wildman–Crippen MR) is 138 cm³/mol. The van der Waals surface area contributed by atoms with Gasteiger partial charge in [-0.25, -0.2) is 0 Å². The number of aromatic amines is 1. The lowest BCUT2D eigenvalue weighted by atomic mass is 9.87. The molecule has 0 unspecified atom stereocenters. The van der Waals surface area contributed by atoms with Gasteiger partial charge in [0.1, 0.15) is 0 Å². The van der Waals surface area contributed by atoms with E-state index >= 15 is 0 Å². The zero-order valence-corrected chi connectivity index (χ0v) is 20.8. The lowest BCUT2D eigenvalue weighted by Crippen LogP contribution is -2.41. The molecule has 3 aromatic rings. The molecular formula is C28H36N4O2. The van der Waals surface area contributed by atoms with Crippen molar-refractivity contribution in [1.82, 2.24) is 19.8 Å². The Morgan fingerprint density at radius 1 is 1.18 bits per heavy atom. The molecule has 2 aliphatic rings. The number of pyridine rings is 1. The largest absolute Gasteiger partial charge is 0.354 e. The molecule has 0 bridgehead atoms. The van der Waals surface area contributed by atoms with Gasteiger partial charge < -0.3 is 19.8 Å². The summed E-state index contributed by atoms with van der Waals surface area (Å²) in [5, 5.41) is 4.26. The number of hydrogen-bond donors (Lipinski definition) is 2. The van der Waals surface area contributed by atoms with E-state index in [1.165, 1.54) is 33.3 Å². The third-order valence-electron chi connectivity index (χ3n) is 7.80. The topological polar surface area (TPSA) is 70.1 Å². The first-order valence-electron chi connectivity index (χ1n) is 12.7. The number of amides is 1. The van der Waals surface area contributed by atoms with Crippen molar-refractivity contribution < 1.29 is 4.79 Å². The maximum absolute atomic E-state index is 12.7. The molecule has 2 N–H and O–H groups in total. The number of nitrogens with zero attached hydrogens (tertiary/aromatic N) is 2. The fraction of sp³-hybridized carbons (Fsp3) is 0.500. The van der Waals surface area contributed by atoms with Crippen molar-refractivity contribution in [2.24, 2.45) is 7.05 Å². The first kappa shape index (κ1) is 22.9. The van der Waals surface area contributed by atoms with Gasteiger partial charge >= 0.3 is 0 Å². The molecule has 2 aromatic heterocycles. The SMILES string of the molecule is CNCC(=O)N1CCC(c2ccc3[nH]c(-c4cn(C)c(=O)c5c4CCC5)c(C(C)C)c3c2)CC1. The van der Waals surface area contributed by atoms with Crippen LogP contribution in [0, 0.1) is 0 Å². The summed E-state index contributed by atoms with van der Waals surface area (Å²) in [5.41, 5.74) is 8.60. The van der Waals surface area contributed by atoms with Crippen LogP contribution in [0.4, 0.5) is 0 Å². The Hall–Kier alpha value is -2.86. The summed E-state index contributed by atoms with van der Waals surface area (Å²) < 4.78 is 1.75. The third-order valence-corrected chi connectivity index (χ3v) is 7.80. The van der Waals surface area contributed by atoms with E-state index in [-0.39, 0.29) is 11.5 Å². The number of likely N-dealkylation sites (N-methyl/N-ethyl adjacent to an activating group) is 1. The van der Waals surface area contributed by atoms with Crippen LogP contribution in [0.15, 0.2) is 29.2 Å². The molecular weight excluding hydrogens is 424 g/mol. The fourth-order valence-corrected chi connectivity index (χ4v) is 6.06. The van der Waals surface area contributed by atoms with E-state index in [0.29, 0.717) is 18.4 Å². The van der Waals surface area contributed by atoms with E-state index in [4.69, 9.17) is 0 Å². The molecule has 180 valence electrons. The number of fused-ring (bicyclic) bond motifs is 2. The van der Waals surface area contributed by atoms with Crippen LogP contribution in [-0.2, 0) is 24.7 Å². The number of aryl methyl sites for hydroxylation is 1. The minimum Gasteiger partial charge on any atom is -0.354 e. The molecule has 0 radical (unpaired) electrons. The Balaban J connectivity index is 1.52. The van der Waals surface area contributed by atoms with Gasteiger partial charge in [-0.05, 0) is 79.8 Å². The van der Waals surface area contributed by atoms with Crippen LogP contribution >= 0.6 is 0 Å². The van der Waals surface area contributed by atoms with E-state index in [0.717, 1.165) is 56.3 Å². The van der Waals surface area contributed by atoms with Gasteiger partial charge in [0.25, 0.3) is 5.56 Å². The summed E-state index contributed by atoms with van der Waals surface area (Å²) in [6.07, 6.45) is 6.95. The number of likely N-dealkylation sites (tertiary alicyclic amines) is 1. The van der Waals surface area contributed by atoms with Crippen LogP contribution in [-0.4, -0.2) is 47.0 Å². The number of H-pyrrole nitrogens is 1. The van der Waals surface area contributed by atoms with Gasteiger partial charge in [0, 0.05) is 48.4 Å². The van der Waals surface area contributed by atoms with E-state index in [2.05, 4.69) is 42.3 Å². The molecule has 1 fully saturated rings. The summed E-state index contributed by atoms with van der Waals surface area (Å²) in [4.78, 5) is 30.6. The van der Waals surface area contributed by atoms with Crippen LogP contribution < -0.4 is 10.9 Å². The second kappa shape index (κ2) is 9.06. The van der Waals surface area contributed by atoms with Crippen LogP contribution in [0.1, 0.15) is 67.2 Å². The van der Waals surface area contributed by atoms with Gasteiger partial charge in [0.05, 0.1) is 12.2 Å². The molecule has 6 nitrogen and oxygen atoms in total. The molecule has 0 spiro atoms. The molecule has 6 heteroatoms. The lowest BCUT2D eigenvalue weighted by Gasteiger charge is -2.32. The van der Waals surface area contributed by atoms with Gasteiger partial charge in [-0.1, -0.05) is 19.9 Å². The van der Waals surface area contributed by atoms with Crippen LogP contribution in [0.5, 0.6) is 0 Å². The summed E-state index contributed by atoms with van der Waals surface area (Å²) in [7, 11) is 3.69. The summed E-state index contributed by atoms with van der Waals surface area (Å²) in [6.45, 7) is 6.57. The third kappa shape index (κ3) is 3.88. The van der Waals surface area contributed by atoms with Gasteiger partial charge in [-0.2, -0.15) is 0 Å². The van der Waals surface area contributed by atoms with E-state index in [9.17, 15) is 9.59 Å². The average Bonchev–Trinajstić information content (AvgIpc) is 3.46. The summed E-state index contributed by atoms with van der Waals surface area (Å²) in [5.74, 6) is 1.02. The average molecular weight is 461 g/mol. The Morgan fingerprint density at radius 2 is 1.91 bits per heavy atom. The molecule has 34 heavy (non-hydrogen) atoms. The van der Waals surface area contributed by atoms with Gasteiger partial charge in [0.2, 0.25) is 5.91 Å². The minimum absolute atomic E-state index is 0.153. The quantitative estimate of drug-likeness (QED) is 0.603. The van der Waals surface area contributed by atoms with Crippen molar-refractivity contribution in [2.45, 2.75) is 57.8 Å². The van der Waals surface area contributed by atoms with Gasteiger partial charge in [-0.15, -0.1) is 0 Å². The van der Waals surface area contributed by atoms with E-state index in [1.807, 2.05) is 25.2 Å². The molecule has 3 heterocycles. The monoisotopic (exact) mass is 460 g/mol. The van der Waals surface area contributed by atoms with Crippen molar-refractivity contribution in [1.29, 1.82) is 0 Å². The van der Waals surface area contributed by atoms with Crippen molar-refractivity contribution >= 4 is 16.8 Å². The van der Waals surface area contributed by atoms with Crippen molar-refractivity contribution in [3.8, 4) is 11.3 Å². The van der Waals surface area contributed by atoms with Gasteiger partial charge in [-0.3, -0.25) is 9.59 Å². The number of nitrogens with one attached hydrogen (secondary N) is 2. The van der Waals surface area contributed by atoms with Crippen molar-refractivity contribution in [3.05, 3.63) is 57.0 Å². The highest BCUT2D eigenvalue weighted by Gasteiger charge is 2.27. The van der Waals surface area contributed by atoms with E-state index < -0.39 is 0 Å². The molecule has 1 aromatic carbocycles. The molecule has 1 saturated heterocycles. The standard InChI is InChI=1S/C28H36N4O2/c1-17(2)26-22-14-19(18-10-12-32(13-11-18)25(33)15-29-3)8-9-24(22)30-27(26)23-16-31(4)28(34)21-7-5-6-20(21)23/h8-9,14,16-18,29-30H,5-7,10-13,15H2,1-4H3. The molecule has 1 aliphatic carbocycles. The number of rotatable bonds is 5. The van der Waals surface area contributed by atoms with Crippen LogP contribution in [0.2, 0.25) is 0 Å². The second-order valence-corrected chi connectivity index (χ2v) is 10.3. The Kier molecular flexibility index (Phi) is 6.11. The highest BCUT2D eigenvalue weighted by molar-refractivity contribution is 5.92.